The van der Waals surface area contributed by atoms with Crippen LogP contribution in [0, 0.1) is 0 Å². The summed E-state index contributed by atoms with van der Waals surface area (Å²) in [4.78, 5) is 21.0. The van der Waals surface area contributed by atoms with Gasteiger partial charge in [0.25, 0.3) is 5.91 Å². The van der Waals surface area contributed by atoms with Gasteiger partial charge in [0.05, 0.1) is 22.1 Å². The number of anilines is 1. The maximum absolute atomic E-state index is 12.5. The average molecular weight is 384 g/mol. The molecule has 0 saturated heterocycles. The number of aromatic nitrogens is 2. The molecule has 0 fully saturated rings. The lowest BCUT2D eigenvalue weighted by Gasteiger charge is -2.09. The first-order valence-electron chi connectivity index (χ1n) is 8.62. The number of unbranched alkanes of at least 4 members (excludes halogenated alkanes) is 1. The lowest BCUT2D eigenvalue weighted by atomic mass is 10.3. The van der Waals surface area contributed by atoms with Crippen LogP contribution in [0.2, 0.25) is 0 Å². The molecule has 1 aromatic heterocycles. The van der Waals surface area contributed by atoms with Crippen LogP contribution in [0.5, 0.6) is 0 Å². The van der Waals surface area contributed by atoms with Crippen LogP contribution in [0.1, 0.15) is 30.3 Å². The monoisotopic (exact) mass is 384 g/mol. The Balaban J connectivity index is 1.77. The van der Waals surface area contributed by atoms with E-state index in [1.54, 1.807) is 18.2 Å². The van der Waals surface area contributed by atoms with Gasteiger partial charge in [-0.1, -0.05) is 31.5 Å². The van der Waals surface area contributed by atoms with Crippen molar-refractivity contribution in [1.82, 2.24) is 14.7 Å². The number of nitrogens with zero attached hydrogens (tertiary/aromatic N) is 2. The second-order valence-corrected chi connectivity index (χ2v) is 7.74. The third-order valence-corrected chi connectivity index (χ3v) is 5.36. The van der Waals surface area contributed by atoms with Crippen molar-refractivity contribution in [3.05, 3.63) is 60.4 Å². The van der Waals surface area contributed by atoms with Gasteiger partial charge in [0, 0.05) is 12.2 Å². The third kappa shape index (κ3) is 4.66. The highest BCUT2D eigenvalue weighted by Crippen LogP contribution is 2.17. The zero-order chi connectivity index (χ0) is 19.3. The van der Waals surface area contributed by atoms with E-state index in [-0.39, 0.29) is 10.6 Å². The molecule has 1 amide bonds. The van der Waals surface area contributed by atoms with E-state index in [2.05, 4.69) is 20.0 Å². The number of carbonyl (C=O) groups is 1. The molecule has 0 aliphatic rings. The van der Waals surface area contributed by atoms with E-state index in [4.69, 9.17) is 0 Å². The lowest BCUT2D eigenvalue weighted by Crippen LogP contribution is -2.25. The van der Waals surface area contributed by atoms with Crippen molar-refractivity contribution < 1.29 is 13.2 Å². The molecule has 2 aromatic carbocycles. The van der Waals surface area contributed by atoms with Crippen molar-refractivity contribution in [3.63, 3.8) is 0 Å². The number of benzene rings is 2. The van der Waals surface area contributed by atoms with Gasteiger partial charge in [-0.05, 0) is 36.8 Å². The maximum Gasteiger partial charge on any atom is 0.275 e. The lowest BCUT2D eigenvalue weighted by molar-refractivity contribution is 0.102. The molecule has 0 bridgehead atoms. The molecule has 3 rings (SSSR count). The van der Waals surface area contributed by atoms with Crippen molar-refractivity contribution in [2.75, 3.05) is 11.9 Å². The standard InChI is InChI=1S/C19H20N4O3S/c1-2-3-11-21-27(25,26)15-8-6-7-14(12-15)22-19(24)18-13-20-16-9-4-5-10-17(16)23-18/h4-10,12-13,21H,2-3,11H2,1H3,(H,22,24). The fraction of sp³-hybridized carbons (Fsp3) is 0.211. The number of fused-ring (bicyclic) bond motifs is 1. The molecule has 0 aliphatic heterocycles. The first-order valence-corrected chi connectivity index (χ1v) is 10.1. The molecular weight excluding hydrogens is 364 g/mol. The van der Waals surface area contributed by atoms with E-state index < -0.39 is 15.9 Å². The van der Waals surface area contributed by atoms with Gasteiger partial charge in [-0.2, -0.15) is 0 Å². The molecule has 27 heavy (non-hydrogen) atoms. The number of hydrogen-bond acceptors (Lipinski definition) is 5. The van der Waals surface area contributed by atoms with Gasteiger partial charge in [0.1, 0.15) is 5.69 Å². The Kier molecular flexibility index (Phi) is 5.78. The number of carbonyl (C=O) groups excluding carboxylic acids is 1. The van der Waals surface area contributed by atoms with Gasteiger partial charge in [0.15, 0.2) is 0 Å². The summed E-state index contributed by atoms with van der Waals surface area (Å²) in [6.07, 6.45) is 3.05. The van der Waals surface area contributed by atoms with Crippen LogP contribution in [0.25, 0.3) is 11.0 Å². The maximum atomic E-state index is 12.5. The van der Waals surface area contributed by atoms with E-state index in [0.29, 0.717) is 23.3 Å². The minimum absolute atomic E-state index is 0.0981. The van der Waals surface area contributed by atoms with Crippen molar-refractivity contribution in [2.45, 2.75) is 24.7 Å². The predicted octanol–water partition coefficient (Wildman–Crippen LogP) is 2.96. The second-order valence-electron chi connectivity index (χ2n) is 5.98. The minimum atomic E-state index is -3.61. The van der Waals surface area contributed by atoms with Gasteiger partial charge >= 0.3 is 0 Å². The molecule has 7 nitrogen and oxygen atoms in total. The molecule has 1 heterocycles. The Bertz CT molecular complexity index is 1070. The number of amides is 1. The van der Waals surface area contributed by atoms with Gasteiger partial charge < -0.3 is 5.32 Å². The summed E-state index contributed by atoms with van der Waals surface area (Å²) in [5, 5.41) is 2.67. The van der Waals surface area contributed by atoms with E-state index >= 15 is 0 Å². The molecule has 0 radical (unpaired) electrons. The van der Waals surface area contributed by atoms with E-state index in [1.165, 1.54) is 18.3 Å². The van der Waals surface area contributed by atoms with Gasteiger partial charge in [-0.25, -0.2) is 18.1 Å². The van der Waals surface area contributed by atoms with Crippen LogP contribution in [0.4, 0.5) is 5.69 Å². The van der Waals surface area contributed by atoms with Gasteiger partial charge in [0.2, 0.25) is 10.0 Å². The summed E-state index contributed by atoms with van der Waals surface area (Å²) >= 11 is 0. The molecule has 0 unspecified atom stereocenters. The van der Waals surface area contributed by atoms with Crippen LogP contribution in [-0.2, 0) is 10.0 Å². The van der Waals surface area contributed by atoms with Crippen molar-refractivity contribution in [1.29, 1.82) is 0 Å². The topological polar surface area (TPSA) is 101 Å². The fourth-order valence-corrected chi connectivity index (χ4v) is 3.59. The quantitative estimate of drug-likeness (QED) is 0.610. The SMILES string of the molecule is CCCCNS(=O)(=O)c1cccc(NC(=O)c2cnc3ccccc3n2)c1. The van der Waals surface area contributed by atoms with E-state index in [0.717, 1.165) is 12.8 Å². The summed E-state index contributed by atoms with van der Waals surface area (Å²) in [5.41, 5.74) is 1.83. The number of sulfonamides is 1. The van der Waals surface area contributed by atoms with Crippen LogP contribution in [0.15, 0.2) is 59.6 Å². The number of rotatable bonds is 7. The second kappa shape index (κ2) is 8.24. The summed E-state index contributed by atoms with van der Waals surface area (Å²) in [7, 11) is -3.61. The van der Waals surface area contributed by atoms with Gasteiger partial charge in [-0.3, -0.25) is 9.78 Å². The normalized spacial score (nSPS) is 11.4. The first kappa shape index (κ1) is 18.9. The molecule has 0 aliphatic carbocycles. The van der Waals surface area contributed by atoms with Gasteiger partial charge in [-0.15, -0.1) is 0 Å². The van der Waals surface area contributed by atoms with Crippen LogP contribution >= 0.6 is 0 Å². The van der Waals surface area contributed by atoms with Crippen LogP contribution in [0.3, 0.4) is 0 Å². The van der Waals surface area contributed by atoms with Crippen LogP contribution in [-0.4, -0.2) is 30.8 Å². The highest BCUT2D eigenvalue weighted by atomic mass is 32.2. The fourth-order valence-electron chi connectivity index (χ4n) is 2.47. The van der Waals surface area contributed by atoms with E-state index in [1.807, 2.05) is 25.1 Å². The highest BCUT2D eigenvalue weighted by Gasteiger charge is 2.15. The predicted molar refractivity (Wildman–Crippen MR) is 104 cm³/mol. The number of hydrogen-bond donors (Lipinski definition) is 2. The Hall–Kier alpha value is -2.84. The third-order valence-electron chi connectivity index (χ3n) is 3.91. The molecule has 2 N–H and O–H groups in total. The Morgan fingerprint density at radius 3 is 2.63 bits per heavy atom. The molecule has 8 heteroatoms. The molecular formula is C19H20N4O3S. The average Bonchev–Trinajstić information content (AvgIpc) is 2.68. The summed E-state index contributed by atoms with van der Waals surface area (Å²) in [6, 6.07) is 13.3. The summed E-state index contributed by atoms with van der Waals surface area (Å²) in [6.45, 7) is 2.36. The Morgan fingerprint density at radius 2 is 1.85 bits per heavy atom. The molecule has 0 spiro atoms. The van der Waals surface area contributed by atoms with Crippen LogP contribution < -0.4 is 10.0 Å². The smallest absolute Gasteiger partial charge is 0.275 e. The minimum Gasteiger partial charge on any atom is -0.321 e. The van der Waals surface area contributed by atoms with Crippen molar-refractivity contribution in [3.8, 4) is 0 Å². The zero-order valence-corrected chi connectivity index (χ0v) is 15.7. The summed E-state index contributed by atoms with van der Waals surface area (Å²) < 4.78 is 27.2. The van der Waals surface area contributed by atoms with Crippen molar-refractivity contribution >= 4 is 32.7 Å². The first-order chi connectivity index (χ1) is 13.0. The Morgan fingerprint density at radius 1 is 1.07 bits per heavy atom. The number of nitrogens with one attached hydrogen (secondary N) is 2. The molecule has 140 valence electrons. The van der Waals surface area contributed by atoms with Crippen molar-refractivity contribution in [2.24, 2.45) is 0 Å². The number of para-hydroxylation sites is 2. The zero-order valence-electron chi connectivity index (χ0n) is 14.8. The molecule has 3 aromatic rings. The largest absolute Gasteiger partial charge is 0.321 e. The van der Waals surface area contributed by atoms with E-state index in [9.17, 15) is 13.2 Å². The Labute approximate surface area is 157 Å². The molecule has 0 saturated carbocycles. The highest BCUT2D eigenvalue weighted by molar-refractivity contribution is 7.89. The summed E-state index contributed by atoms with van der Waals surface area (Å²) in [5.74, 6) is -0.457. The molecule has 0 atom stereocenters.